The topological polar surface area (TPSA) is 101 Å². The number of halogens is 1. The third kappa shape index (κ3) is 4.67. The van der Waals surface area contributed by atoms with Crippen LogP contribution in [-0.2, 0) is 20.8 Å². The van der Waals surface area contributed by atoms with Crippen LogP contribution in [0.15, 0.2) is 46.8 Å². The number of benzene rings is 1. The highest BCUT2D eigenvalue weighted by atomic mass is 32.1. The first-order chi connectivity index (χ1) is 12.5. The monoisotopic (exact) mass is 372 g/mol. The van der Waals surface area contributed by atoms with Crippen LogP contribution in [0.4, 0.5) is 15.2 Å². The first-order valence-electron chi connectivity index (χ1n) is 7.56. The van der Waals surface area contributed by atoms with Crippen molar-refractivity contribution in [3.63, 3.8) is 0 Å². The zero-order valence-corrected chi connectivity index (χ0v) is 14.1. The van der Waals surface area contributed by atoms with Gasteiger partial charge < -0.3 is 10.6 Å². The van der Waals surface area contributed by atoms with Crippen LogP contribution >= 0.6 is 11.3 Å². The molecule has 0 aliphatic carbocycles. The molecule has 2 N–H and O–H groups in total. The van der Waals surface area contributed by atoms with Gasteiger partial charge >= 0.3 is 0 Å². The summed E-state index contributed by atoms with van der Waals surface area (Å²) in [5, 5.41) is 7.26. The molecule has 7 nitrogen and oxygen atoms in total. The summed E-state index contributed by atoms with van der Waals surface area (Å²) < 4.78 is 12.8. The quantitative estimate of drug-likeness (QED) is 0.840. The summed E-state index contributed by atoms with van der Waals surface area (Å²) in [5.41, 5.74) is 0.978. The summed E-state index contributed by atoms with van der Waals surface area (Å²) in [7, 11) is 0. The molecule has 9 heteroatoms. The number of nitrogens with zero attached hydrogens (tertiary/aromatic N) is 2. The van der Waals surface area contributed by atoms with Crippen LogP contribution in [0.1, 0.15) is 5.69 Å². The van der Waals surface area contributed by atoms with E-state index in [2.05, 4.69) is 20.6 Å². The van der Waals surface area contributed by atoms with E-state index >= 15 is 0 Å². The molecular weight excluding hydrogens is 359 g/mol. The minimum absolute atomic E-state index is 0.0169. The summed E-state index contributed by atoms with van der Waals surface area (Å²) in [4.78, 5) is 42.8. The highest BCUT2D eigenvalue weighted by Crippen LogP contribution is 2.18. The van der Waals surface area contributed by atoms with Crippen LogP contribution in [0.3, 0.4) is 0 Å². The molecule has 1 aliphatic heterocycles. The lowest BCUT2D eigenvalue weighted by Crippen LogP contribution is -2.24. The lowest BCUT2D eigenvalue weighted by Gasteiger charge is -2.08. The number of hydrogen-bond donors (Lipinski definition) is 2. The average Bonchev–Trinajstić information content (AvgIpc) is 3.04. The van der Waals surface area contributed by atoms with Crippen molar-refractivity contribution in [1.29, 1.82) is 0 Å². The zero-order valence-electron chi connectivity index (χ0n) is 13.3. The minimum atomic E-state index is -0.637. The number of thiazole rings is 1. The van der Waals surface area contributed by atoms with Gasteiger partial charge in [-0.05, 0) is 24.3 Å². The molecule has 132 valence electrons. The predicted molar refractivity (Wildman–Crippen MR) is 95.6 cm³/mol. The Bertz CT molecular complexity index is 889. The van der Waals surface area contributed by atoms with Crippen LogP contribution in [0.2, 0.25) is 0 Å². The fraction of sp³-hybridized carbons (Fsp3) is 0.118. The van der Waals surface area contributed by atoms with Crippen LogP contribution in [0.5, 0.6) is 0 Å². The van der Waals surface area contributed by atoms with Gasteiger partial charge in [0.25, 0.3) is 5.91 Å². The predicted octanol–water partition coefficient (Wildman–Crippen LogP) is 2.19. The van der Waals surface area contributed by atoms with Crippen molar-refractivity contribution in [2.24, 2.45) is 10.9 Å². The molecule has 0 saturated carbocycles. The van der Waals surface area contributed by atoms with Crippen molar-refractivity contribution in [2.45, 2.75) is 6.42 Å². The lowest BCUT2D eigenvalue weighted by atomic mass is 10.1. The second-order valence-electron chi connectivity index (χ2n) is 5.37. The number of carbonyl (C=O) groups is 3. The molecule has 0 radical (unpaired) electrons. The minimum Gasteiger partial charge on any atom is -0.326 e. The zero-order chi connectivity index (χ0) is 18.5. The van der Waals surface area contributed by atoms with Gasteiger partial charge in [-0.25, -0.2) is 14.4 Å². The highest BCUT2D eigenvalue weighted by molar-refractivity contribution is 7.14. The number of aromatic nitrogens is 1. The van der Waals surface area contributed by atoms with Gasteiger partial charge in [-0.1, -0.05) is 6.08 Å². The van der Waals surface area contributed by atoms with Crippen molar-refractivity contribution in [3.8, 4) is 0 Å². The van der Waals surface area contributed by atoms with Crippen molar-refractivity contribution in [1.82, 2.24) is 4.98 Å². The number of amides is 3. The molecule has 26 heavy (non-hydrogen) atoms. The number of rotatable bonds is 5. The Morgan fingerprint density at radius 1 is 1.19 bits per heavy atom. The van der Waals surface area contributed by atoms with E-state index in [0.717, 1.165) is 0 Å². The maximum Gasteiger partial charge on any atom is 0.269 e. The van der Waals surface area contributed by atoms with Gasteiger partial charge in [0.2, 0.25) is 11.8 Å². The highest BCUT2D eigenvalue weighted by Gasteiger charge is 2.18. The van der Waals surface area contributed by atoms with Gasteiger partial charge in [-0.15, -0.1) is 11.3 Å². The van der Waals surface area contributed by atoms with Crippen molar-refractivity contribution >= 4 is 46.1 Å². The molecule has 1 unspecified atom stereocenters. The fourth-order valence-electron chi connectivity index (χ4n) is 2.12. The summed E-state index contributed by atoms with van der Waals surface area (Å²) in [6.45, 7) is 0. The Morgan fingerprint density at radius 3 is 2.65 bits per heavy atom. The molecule has 0 spiro atoms. The van der Waals surface area contributed by atoms with E-state index in [-0.39, 0.29) is 24.1 Å². The summed E-state index contributed by atoms with van der Waals surface area (Å²) >= 11 is 1.18. The second-order valence-corrected chi connectivity index (χ2v) is 6.22. The Hall–Kier alpha value is -3.20. The van der Waals surface area contributed by atoms with E-state index in [0.29, 0.717) is 16.5 Å². The van der Waals surface area contributed by atoms with Crippen molar-refractivity contribution in [2.75, 3.05) is 10.6 Å². The van der Waals surface area contributed by atoms with E-state index in [9.17, 15) is 18.8 Å². The first-order valence-corrected chi connectivity index (χ1v) is 8.44. The largest absolute Gasteiger partial charge is 0.326 e. The average molecular weight is 372 g/mol. The molecule has 2 aromatic rings. The summed E-state index contributed by atoms with van der Waals surface area (Å²) in [6.07, 6.45) is 3.97. The summed E-state index contributed by atoms with van der Waals surface area (Å²) in [6, 6.07) is 5.43. The molecule has 2 heterocycles. The third-order valence-corrected chi connectivity index (χ3v) is 4.17. The molecule has 3 rings (SSSR count). The van der Waals surface area contributed by atoms with Gasteiger partial charge in [0.1, 0.15) is 5.82 Å². The van der Waals surface area contributed by atoms with Crippen molar-refractivity contribution in [3.05, 3.63) is 53.3 Å². The lowest BCUT2D eigenvalue weighted by molar-refractivity contribution is -0.117. The standard InChI is InChI=1S/C17H13FN4O3S/c18-11-2-4-12(5-3-11)20-15(24)7-13-9-26-17(21-13)22-16(25)10-1-6-14(23)19-8-10/h1-6,8-10H,7H2,(H,20,24)(H,21,22,25). The van der Waals surface area contributed by atoms with Gasteiger partial charge in [-0.3, -0.25) is 14.4 Å². The first kappa shape index (κ1) is 17.6. The fourth-order valence-corrected chi connectivity index (χ4v) is 2.84. The second kappa shape index (κ2) is 7.79. The smallest absolute Gasteiger partial charge is 0.269 e. The van der Waals surface area contributed by atoms with E-state index < -0.39 is 11.8 Å². The normalized spacial score (nSPS) is 15.7. The Balaban J connectivity index is 1.54. The van der Waals surface area contributed by atoms with Crippen LogP contribution < -0.4 is 10.6 Å². The van der Waals surface area contributed by atoms with Crippen molar-refractivity contribution < 1.29 is 18.8 Å². The maximum absolute atomic E-state index is 12.8. The van der Waals surface area contributed by atoms with Gasteiger partial charge in [0.15, 0.2) is 5.13 Å². The van der Waals surface area contributed by atoms with Gasteiger partial charge in [0.05, 0.1) is 18.0 Å². The number of carbonyl (C=O) groups excluding carboxylic acids is 3. The molecule has 1 aromatic heterocycles. The molecule has 1 aromatic carbocycles. The maximum atomic E-state index is 12.8. The van der Waals surface area contributed by atoms with Crippen LogP contribution in [0.25, 0.3) is 0 Å². The molecule has 3 amide bonds. The van der Waals surface area contributed by atoms with E-state index in [1.165, 1.54) is 54.0 Å². The molecule has 1 atom stereocenters. The number of aliphatic imine (C=N–C) groups is 1. The number of dihydropyridines is 1. The SMILES string of the molecule is O=C1C=CC(C(=O)Nc2nc(CC(=O)Nc3ccc(F)cc3)cs2)C=N1. The molecule has 0 fully saturated rings. The number of anilines is 2. The number of nitrogens with one attached hydrogen (secondary N) is 2. The Morgan fingerprint density at radius 2 is 1.96 bits per heavy atom. The van der Waals surface area contributed by atoms with Gasteiger partial charge in [-0.2, -0.15) is 0 Å². The van der Waals surface area contributed by atoms with E-state index in [1.807, 2.05) is 0 Å². The molecule has 0 bridgehead atoms. The van der Waals surface area contributed by atoms with Crippen LogP contribution in [0, 0.1) is 11.7 Å². The molecule has 0 saturated heterocycles. The third-order valence-electron chi connectivity index (χ3n) is 3.36. The van der Waals surface area contributed by atoms with Gasteiger partial charge in [0, 0.05) is 23.4 Å². The summed E-state index contributed by atoms with van der Waals surface area (Å²) in [5.74, 6) is -2.10. The molecule has 1 aliphatic rings. The Kier molecular flexibility index (Phi) is 5.28. The molecular formula is C17H13FN4O3S. The van der Waals surface area contributed by atoms with E-state index in [1.54, 1.807) is 5.38 Å². The van der Waals surface area contributed by atoms with Crippen LogP contribution in [-0.4, -0.2) is 28.9 Å². The Labute approximate surface area is 151 Å². The van der Waals surface area contributed by atoms with E-state index in [4.69, 9.17) is 0 Å². The number of hydrogen-bond acceptors (Lipinski definition) is 5.